The largest absolute Gasteiger partial charge is 0.327 e. The summed E-state index contributed by atoms with van der Waals surface area (Å²) >= 11 is 0. The van der Waals surface area contributed by atoms with Crippen LogP contribution in [0.15, 0.2) is 42.5 Å². The lowest BCUT2D eigenvalue weighted by atomic mass is 9.93. The van der Waals surface area contributed by atoms with E-state index >= 15 is 0 Å². The highest BCUT2D eigenvalue weighted by Gasteiger charge is 2.25. The minimum Gasteiger partial charge on any atom is -0.327 e. The predicted octanol–water partition coefficient (Wildman–Crippen LogP) is 4.23. The van der Waals surface area contributed by atoms with Gasteiger partial charge in [-0.3, -0.25) is 0 Å². The Bertz CT molecular complexity index is 587. The molecule has 2 atom stereocenters. The number of nitrogens with two attached hydrogens (primary N) is 1. The van der Waals surface area contributed by atoms with Gasteiger partial charge in [0, 0.05) is 12.1 Å². The van der Waals surface area contributed by atoms with E-state index in [0.29, 0.717) is 11.5 Å². The molecule has 2 aromatic rings. The minimum absolute atomic E-state index is 0.229. The van der Waals surface area contributed by atoms with Crippen molar-refractivity contribution in [1.82, 2.24) is 0 Å². The number of hydrogen-bond donors (Lipinski definition) is 1. The minimum atomic E-state index is -0.554. The summed E-state index contributed by atoms with van der Waals surface area (Å²) in [7, 11) is 0. The molecular weight excluding hydrogens is 256 g/mol. The Balaban J connectivity index is 1.89. The van der Waals surface area contributed by atoms with Gasteiger partial charge in [-0.25, -0.2) is 8.78 Å². The van der Waals surface area contributed by atoms with Crippen molar-refractivity contribution in [2.75, 3.05) is 0 Å². The van der Waals surface area contributed by atoms with Crippen LogP contribution in [0.1, 0.15) is 30.7 Å². The molecule has 0 saturated heterocycles. The quantitative estimate of drug-likeness (QED) is 0.870. The van der Waals surface area contributed by atoms with Gasteiger partial charge in [0.25, 0.3) is 0 Å². The van der Waals surface area contributed by atoms with Crippen molar-refractivity contribution >= 4 is 0 Å². The van der Waals surface area contributed by atoms with Crippen molar-refractivity contribution in [1.29, 1.82) is 0 Å². The maximum absolute atomic E-state index is 13.2. The fraction of sp³-hybridized carbons (Fsp3) is 0.294. The highest BCUT2D eigenvalue weighted by atomic mass is 19.1. The lowest BCUT2D eigenvalue weighted by molar-refractivity contribution is 0.584. The molecular formula is C17H17F2N. The van der Waals surface area contributed by atoms with Crippen molar-refractivity contribution < 1.29 is 8.78 Å². The van der Waals surface area contributed by atoms with Crippen LogP contribution in [0.5, 0.6) is 0 Å². The fourth-order valence-electron chi connectivity index (χ4n) is 3.05. The van der Waals surface area contributed by atoms with Gasteiger partial charge in [0.1, 0.15) is 11.6 Å². The Morgan fingerprint density at radius 2 is 1.50 bits per heavy atom. The maximum Gasteiger partial charge on any atom is 0.126 e. The fourth-order valence-corrected chi connectivity index (χ4v) is 3.05. The van der Waals surface area contributed by atoms with Crippen LogP contribution in [0.4, 0.5) is 8.78 Å². The van der Waals surface area contributed by atoms with Crippen LogP contribution in [-0.2, 0) is 0 Å². The summed E-state index contributed by atoms with van der Waals surface area (Å²) in [6.45, 7) is 0. The van der Waals surface area contributed by atoms with Gasteiger partial charge >= 0.3 is 0 Å². The molecule has 1 nitrogen and oxygen atoms in total. The van der Waals surface area contributed by atoms with Gasteiger partial charge in [0.05, 0.1) is 0 Å². The summed E-state index contributed by atoms with van der Waals surface area (Å²) in [5.74, 6) is -0.697. The molecule has 2 N–H and O–H groups in total. The molecule has 0 radical (unpaired) electrons. The Morgan fingerprint density at radius 1 is 0.850 bits per heavy atom. The van der Waals surface area contributed by atoms with E-state index < -0.39 is 11.6 Å². The molecule has 2 unspecified atom stereocenters. The molecule has 20 heavy (non-hydrogen) atoms. The SMILES string of the molecule is NC1CCCC1c1ccc(-c2cc(F)cc(F)c2)cc1. The average molecular weight is 273 g/mol. The molecule has 0 aliphatic heterocycles. The van der Waals surface area contributed by atoms with Crippen LogP contribution in [0.25, 0.3) is 11.1 Å². The van der Waals surface area contributed by atoms with Gasteiger partial charge in [-0.2, -0.15) is 0 Å². The molecule has 104 valence electrons. The van der Waals surface area contributed by atoms with Gasteiger partial charge in [-0.1, -0.05) is 30.7 Å². The van der Waals surface area contributed by atoms with E-state index in [2.05, 4.69) is 0 Å². The van der Waals surface area contributed by atoms with E-state index in [1.54, 1.807) is 0 Å². The Hall–Kier alpha value is -1.74. The smallest absolute Gasteiger partial charge is 0.126 e. The predicted molar refractivity (Wildman–Crippen MR) is 76.4 cm³/mol. The zero-order valence-corrected chi connectivity index (χ0v) is 11.2. The van der Waals surface area contributed by atoms with E-state index in [1.807, 2.05) is 24.3 Å². The maximum atomic E-state index is 13.2. The zero-order chi connectivity index (χ0) is 14.1. The van der Waals surface area contributed by atoms with E-state index in [0.717, 1.165) is 24.5 Å². The van der Waals surface area contributed by atoms with Crippen molar-refractivity contribution in [2.45, 2.75) is 31.2 Å². The highest BCUT2D eigenvalue weighted by molar-refractivity contribution is 5.64. The molecule has 1 saturated carbocycles. The lowest BCUT2D eigenvalue weighted by Crippen LogP contribution is -2.22. The third kappa shape index (κ3) is 2.59. The molecule has 0 amide bonds. The van der Waals surface area contributed by atoms with Crippen LogP contribution in [0.3, 0.4) is 0 Å². The van der Waals surface area contributed by atoms with Gasteiger partial charge < -0.3 is 5.73 Å². The number of hydrogen-bond acceptors (Lipinski definition) is 1. The molecule has 1 aliphatic carbocycles. The monoisotopic (exact) mass is 273 g/mol. The first kappa shape index (κ1) is 13.3. The third-order valence-corrected chi connectivity index (χ3v) is 4.10. The summed E-state index contributed by atoms with van der Waals surface area (Å²) in [4.78, 5) is 0. The summed E-state index contributed by atoms with van der Waals surface area (Å²) in [5.41, 5.74) is 8.70. The van der Waals surface area contributed by atoms with E-state index in [1.165, 1.54) is 24.1 Å². The Labute approximate surface area is 117 Å². The molecule has 0 heterocycles. The first-order valence-corrected chi connectivity index (χ1v) is 6.95. The molecule has 1 fully saturated rings. The van der Waals surface area contributed by atoms with Crippen LogP contribution in [0, 0.1) is 11.6 Å². The first-order chi connectivity index (χ1) is 9.63. The first-order valence-electron chi connectivity index (χ1n) is 6.95. The summed E-state index contributed by atoms with van der Waals surface area (Å²) in [6, 6.07) is 11.7. The van der Waals surface area contributed by atoms with E-state index in [9.17, 15) is 8.78 Å². The molecule has 2 aromatic carbocycles. The molecule has 1 aliphatic rings. The van der Waals surface area contributed by atoms with E-state index in [4.69, 9.17) is 5.73 Å². The standard InChI is InChI=1S/C17H17F2N/c18-14-8-13(9-15(19)10-14)11-4-6-12(7-5-11)16-2-1-3-17(16)20/h4-10,16-17H,1-3,20H2. The van der Waals surface area contributed by atoms with Gasteiger partial charge in [-0.05, 0) is 47.6 Å². The summed E-state index contributed by atoms with van der Waals surface area (Å²) in [6.07, 6.45) is 3.36. The van der Waals surface area contributed by atoms with Gasteiger partial charge in [0.2, 0.25) is 0 Å². The van der Waals surface area contributed by atoms with Crippen LogP contribution in [-0.4, -0.2) is 6.04 Å². The van der Waals surface area contributed by atoms with Gasteiger partial charge in [0.15, 0.2) is 0 Å². The number of benzene rings is 2. The topological polar surface area (TPSA) is 26.0 Å². The molecule has 0 aromatic heterocycles. The number of halogens is 2. The Kier molecular flexibility index (Phi) is 3.53. The zero-order valence-electron chi connectivity index (χ0n) is 11.2. The van der Waals surface area contributed by atoms with E-state index in [-0.39, 0.29) is 6.04 Å². The third-order valence-electron chi connectivity index (χ3n) is 4.10. The van der Waals surface area contributed by atoms with Crippen LogP contribution in [0.2, 0.25) is 0 Å². The second kappa shape index (κ2) is 5.33. The lowest BCUT2D eigenvalue weighted by Gasteiger charge is -2.16. The molecule has 0 spiro atoms. The van der Waals surface area contributed by atoms with Crippen molar-refractivity contribution in [3.05, 3.63) is 59.7 Å². The molecule has 0 bridgehead atoms. The number of rotatable bonds is 2. The Morgan fingerprint density at radius 3 is 2.05 bits per heavy atom. The van der Waals surface area contributed by atoms with Crippen molar-refractivity contribution in [3.63, 3.8) is 0 Å². The summed E-state index contributed by atoms with van der Waals surface area (Å²) < 4.78 is 26.5. The van der Waals surface area contributed by atoms with Crippen molar-refractivity contribution in [2.24, 2.45) is 5.73 Å². The summed E-state index contributed by atoms with van der Waals surface area (Å²) in [5, 5.41) is 0. The molecule has 3 heteroatoms. The highest BCUT2D eigenvalue weighted by Crippen LogP contribution is 2.34. The average Bonchev–Trinajstić information content (AvgIpc) is 2.84. The second-order valence-corrected chi connectivity index (χ2v) is 5.48. The van der Waals surface area contributed by atoms with Crippen LogP contribution >= 0.6 is 0 Å². The van der Waals surface area contributed by atoms with Crippen molar-refractivity contribution in [3.8, 4) is 11.1 Å². The molecule has 3 rings (SSSR count). The van der Waals surface area contributed by atoms with Crippen LogP contribution < -0.4 is 5.73 Å². The normalized spacial score (nSPS) is 22.1. The second-order valence-electron chi connectivity index (χ2n) is 5.48. The van der Waals surface area contributed by atoms with Gasteiger partial charge in [-0.15, -0.1) is 0 Å².